The number of hydrogen-bond acceptors (Lipinski definition) is 4. The fourth-order valence-electron chi connectivity index (χ4n) is 9.69. The smallest absolute Gasteiger partial charge is 0.164 e. The molecule has 9 aromatic carbocycles. The van der Waals surface area contributed by atoms with Gasteiger partial charge in [-0.25, -0.2) is 15.0 Å². The van der Waals surface area contributed by atoms with Gasteiger partial charge < -0.3 is 4.42 Å². The summed E-state index contributed by atoms with van der Waals surface area (Å²) < 4.78 is 6.57. The van der Waals surface area contributed by atoms with Gasteiger partial charge in [0, 0.05) is 32.9 Å². The predicted molar refractivity (Wildman–Crippen MR) is 263 cm³/mol. The lowest BCUT2D eigenvalue weighted by Gasteiger charge is -2.21. The highest BCUT2D eigenvalue weighted by molar-refractivity contribution is 6.13. The Morgan fingerprint density at radius 2 is 0.797 bits per heavy atom. The molecule has 0 spiro atoms. The Balaban J connectivity index is 0.981. The van der Waals surface area contributed by atoms with Crippen LogP contribution in [0.3, 0.4) is 0 Å². The summed E-state index contributed by atoms with van der Waals surface area (Å²) in [6, 6.07) is 75.0. The molecule has 1 aliphatic carbocycles. The SMILES string of the molecule is CC1(C)c2ccccc2-c2c(-c3cccc(-c4ccc5oc6cccc(-c7nc(-c8ccc(-c9ccccc9)cc8)nc(-c8ccc(-c9ccccc9)cc8)n7)c6c5c4)c3)cccc21. The van der Waals surface area contributed by atoms with Gasteiger partial charge in [0.15, 0.2) is 17.5 Å². The molecule has 0 N–H and O–H groups in total. The summed E-state index contributed by atoms with van der Waals surface area (Å²) in [5.74, 6) is 1.79. The average molecular weight is 820 g/mol. The second-order valence-corrected chi connectivity index (χ2v) is 17.2. The second-order valence-electron chi connectivity index (χ2n) is 17.2. The molecule has 0 bridgehead atoms. The first-order valence-corrected chi connectivity index (χ1v) is 21.8. The molecule has 11 aromatic rings. The molecule has 0 radical (unpaired) electrons. The molecule has 4 nitrogen and oxygen atoms in total. The number of hydrogen-bond donors (Lipinski definition) is 0. The van der Waals surface area contributed by atoms with Crippen LogP contribution in [0.1, 0.15) is 25.0 Å². The van der Waals surface area contributed by atoms with Crippen LogP contribution < -0.4 is 0 Å². The molecule has 0 saturated heterocycles. The molecule has 64 heavy (non-hydrogen) atoms. The van der Waals surface area contributed by atoms with Crippen molar-refractivity contribution in [2.45, 2.75) is 19.3 Å². The summed E-state index contributed by atoms with van der Waals surface area (Å²) in [5.41, 5.74) is 18.9. The van der Waals surface area contributed by atoms with Crippen molar-refractivity contribution in [3.63, 3.8) is 0 Å². The Labute approximate surface area is 372 Å². The van der Waals surface area contributed by atoms with Gasteiger partial charge in [0.1, 0.15) is 11.2 Å². The molecule has 0 fully saturated rings. The fraction of sp³-hybridized carbons (Fsp3) is 0.0500. The van der Waals surface area contributed by atoms with E-state index in [0.717, 1.165) is 72.0 Å². The average Bonchev–Trinajstić information content (AvgIpc) is 3.86. The number of rotatable bonds is 7. The Morgan fingerprint density at radius 3 is 1.48 bits per heavy atom. The quantitative estimate of drug-likeness (QED) is 0.161. The first-order chi connectivity index (χ1) is 31.5. The monoisotopic (exact) mass is 819 g/mol. The van der Waals surface area contributed by atoms with Crippen LogP contribution in [-0.2, 0) is 5.41 Å². The van der Waals surface area contributed by atoms with Crippen LogP contribution in [0.4, 0.5) is 0 Å². The van der Waals surface area contributed by atoms with Crippen LogP contribution >= 0.6 is 0 Å². The lowest BCUT2D eigenvalue weighted by molar-refractivity contribution is 0.660. The Bertz CT molecular complexity index is 3450. The molecule has 0 atom stereocenters. The summed E-state index contributed by atoms with van der Waals surface area (Å²) in [6.45, 7) is 4.67. The topological polar surface area (TPSA) is 51.8 Å². The number of nitrogens with zero attached hydrogens (tertiary/aromatic N) is 3. The minimum absolute atomic E-state index is 0.0648. The van der Waals surface area contributed by atoms with Gasteiger partial charge in [-0.15, -0.1) is 0 Å². The molecular formula is C60H41N3O. The van der Waals surface area contributed by atoms with E-state index >= 15 is 0 Å². The molecule has 4 heteroatoms. The van der Waals surface area contributed by atoms with Crippen LogP contribution in [0.25, 0.3) is 112 Å². The molecule has 2 aromatic heterocycles. The second kappa shape index (κ2) is 15.0. The normalized spacial score (nSPS) is 12.7. The minimum atomic E-state index is -0.0648. The standard InChI is InChI=1S/C60H41N3O/c1-60(2)51-23-10-9-20-48(51)55-47(21-12-24-52(55)60)46-19-11-18-44(36-46)45-34-35-53-50(37-45)56-49(22-13-25-54(56)64-53)59-62-57(42-30-26-40(27-31-42)38-14-5-3-6-15-38)61-58(63-59)43-32-28-41(29-33-43)39-16-7-4-8-17-39/h3-37H,1-2H3. The van der Waals surface area contributed by atoms with Crippen molar-refractivity contribution in [3.05, 3.63) is 223 Å². The largest absolute Gasteiger partial charge is 0.456 e. The fourth-order valence-corrected chi connectivity index (χ4v) is 9.69. The highest BCUT2D eigenvalue weighted by Gasteiger charge is 2.36. The van der Waals surface area contributed by atoms with Crippen molar-refractivity contribution in [1.29, 1.82) is 0 Å². The van der Waals surface area contributed by atoms with Crippen molar-refractivity contribution in [1.82, 2.24) is 15.0 Å². The van der Waals surface area contributed by atoms with Gasteiger partial charge in [-0.1, -0.05) is 202 Å². The molecule has 2 heterocycles. The third kappa shape index (κ3) is 6.34. The van der Waals surface area contributed by atoms with Crippen LogP contribution in [0.5, 0.6) is 0 Å². The van der Waals surface area contributed by atoms with Gasteiger partial charge in [0.05, 0.1) is 0 Å². The van der Waals surface area contributed by atoms with Gasteiger partial charge in [-0.2, -0.15) is 0 Å². The number of fused-ring (bicyclic) bond motifs is 6. The van der Waals surface area contributed by atoms with Gasteiger partial charge in [-0.05, 0) is 91.0 Å². The summed E-state index contributed by atoms with van der Waals surface area (Å²) in [6.07, 6.45) is 0. The third-order valence-electron chi connectivity index (χ3n) is 13.0. The molecule has 302 valence electrons. The molecule has 0 saturated carbocycles. The summed E-state index contributed by atoms with van der Waals surface area (Å²) >= 11 is 0. The Morgan fingerprint density at radius 1 is 0.328 bits per heavy atom. The van der Waals surface area contributed by atoms with Crippen LogP contribution in [0, 0.1) is 0 Å². The highest BCUT2D eigenvalue weighted by atomic mass is 16.3. The highest BCUT2D eigenvalue weighted by Crippen LogP contribution is 2.52. The lowest BCUT2D eigenvalue weighted by Crippen LogP contribution is -2.14. The van der Waals surface area contributed by atoms with E-state index in [2.05, 4.69) is 202 Å². The van der Waals surface area contributed by atoms with Gasteiger partial charge in [0.25, 0.3) is 0 Å². The van der Waals surface area contributed by atoms with E-state index in [-0.39, 0.29) is 5.41 Å². The van der Waals surface area contributed by atoms with Crippen molar-refractivity contribution in [2.24, 2.45) is 0 Å². The third-order valence-corrected chi connectivity index (χ3v) is 13.0. The number of furan rings is 1. The van der Waals surface area contributed by atoms with Crippen LogP contribution in [-0.4, -0.2) is 15.0 Å². The zero-order valence-corrected chi connectivity index (χ0v) is 35.5. The summed E-state index contributed by atoms with van der Waals surface area (Å²) in [5, 5.41) is 1.98. The van der Waals surface area contributed by atoms with Gasteiger partial charge in [-0.3, -0.25) is 0 Å². The predicted octanol–water partition coefficient (Wildman–Crippen LogP) is 15.7. The Kier molecular flexibility index (Phi) is 8.80. The molecular weight excluding hydrogens is 779 g/mol. The molecule has 0 aliphatic heterocycles. The van der Waals surface area contributed by atoms with E-state index in [9.17, 15) is 0 Å². The van der Waals surface area contributed by atoms with Crippen molar-refractivity contribution in [3.8, 4) is 89.8 Å². The Hall–Kier alpha value is -8.21. The van der Waals surface area contributed by atoms with Crippen LogP contribution in [0.2, 0.25) is 0 Å². The minimum Gasteiger partial charge on any atom is -0.456 e. The summed E-state index contributed by atoms with van der Waals surface area (Å²) in [4.78, 5) is 15.6. The zero-order valence-electron chi connectivity index (χ0n) is 35.5. The van der Waals surface area contributed by atoms with E-state index in [1.807, 2.05) is 24.3 Å². The van der Waals surface area contributed by atoms with E-state index in [1.54, 1.807) is 0 Å². The van der Waals surface area contributed by atoms with E-state index in [0.29, 0.717) is 17.5 Å². The van der Waals surface area contributed by atoms with Crippen molar-refractivity contribution >= 4 is 21.9 Å². The first kappa shape index (κ1) is 37.5. The van der Waals surface area contributed by atoms with E-state index in [4.69, 9.17) is 19.4 Å². The van der Waals surface area contributed by atoms with Crippen molar-refractivity contribution < 1.29 is 4.42 Å². The number of benzene rings is 9. The van der Waals surface area contributed by atoms with E-state index in [1.165, 1.54) is 33.4 Å². The number of aromatic nitrogens is 3. The molecule has 12 rings (SSSR count). The molecule has 0 unspecified atom stereocenters. The molecule has 1 aliphatic rings. The van der Waals surface area contributed by atoms with E-state index < -0.39 is 0 Å². The van der Waals surface area contributed by atoms with Gasteiger partial charge >= 0.3 is 0 Å². The summed E-state index contributed by atoms with van der Waals surface area (Å²) in [7, 11) is 0. The maximum absolute atomic E-state index is 6.57. The maximum atomic E-state index is 6.57. The molecule has 0 amide bonds. The maximum Gasteiger partial charge on any atom is 0.164 e. The first-order valence-electron chi connectivity index (χ1n) is 21.8. The zero-order chi connectivity index (χ0) is 42.8. The lowest BCUT2D eigenvalue weighted by atomic mass is 9.82. The van der Waals surface area contributed by atoms with Gasteiger partial charge in [0.2, 0.25) is 0 Å². The van der Waals surface area contributed by atoms with Crippen molar-refractivity contribution in [2.75, 3.05) is 0 Å². The van der Waals surface area contributed by atoms with Crippen LogP contribution in [0.15, 0.2) is 217 Å².